The van der Waals surface area contributed by atoms with Crippen molar-refractivity contribution in [2.24, 2.45) is 0 Å². The first-order valence-corrected chi connectivity index (χ1v) is 13.5. The molecule has 0 aromatic heterocycles. The van der Waals surface area contributed by atoms with Crippen LogP contribution < -0.4 is 0 Å². The molecule has 0 saturated heterocycles. The lowest BCUT2D eigenvalue weighted by atomic mass is 10.00. The van der Waals surface area contributed by atoms with E-state index in [0.717, 1.165) is 48.4 Å². The molecule has 0 aliphatic carbocycles. The maximum absolute atomic E-state index is 13.1. The molecule has 6 heteroatoms. The summed E-state index contributed by atoms with van der Waals surface area (Å²) in [6, 6.07) is 16.3. The van der Waals surface area contributed by atoms with Crippen LogP contribution in [0.4, 0.5) is 0 Å². The van der Waals surface area contributed by atoms with Crippen LogP contribution in [0.2, 0.25) is 0 Å². The zero-order valence-electron chi connectivity index (χ0n) is 22.7. The van der Waals surface area contributed by atoms with Crippen LogP contribution in [0.1, 0.15) is 51.7 Å². The summed E-state index contributed by atoms with van der Waals surface area (Å²) >= 11 is 0. The lowest BCUT2D eigenvalue weighted by molar-refractivity contribution is -0.851. The van der Waals surface area contributed by atoms with E-state index in [9.17, 15) is 19.8 Å². The molecule has 2 aromatic carbocycles. The molecule has 36 heavy (non-hydrogen) atoms. The minimum atomic E-state index is 0.107. The van der Waals surface area contributed by atoms with Gasteiger partial charge in [0.2, 0.25) is 0 Å². The van der Waals surface area contributed by atoms with E-state index in [2.05, 4.69) is 0 Å². The SMILES string of the molecule is CC[N+](CC)(CCCO)C(=O)Cc1ccc(-c2ccc(CC(=O)[N+](CC)(CC)CCCO)cc2)cc1. The van der Waals surface area contributed by atoms with E-state index in [1.165, 1.54) is 0 Å². The standard InChI is InChI=1S/C30H46N2O4/c1-5-31(6-2,19-9-21-33)29(35)23-25-11-15-27(16-12-25)28-17-13-26(14-18-28)24-30(36)32(7-3,8-4)20-10-22-34/h11-18,33-34H,5-10,19-24H2,1-4H3/q+2. The quantitative estimate of drug-likeness (QED) is 0.365. The van der Waals surface area contributed by atoms with Gasteiger partial charge in [0.05, 0.1) is 52.1 Å². The highest BCUT2D eigenvalue weighted by atomic mass is 16.3. The van der Waals surface area contributed by atoms with E-state index in [0.29, 0.717) is 47.7 Å². The molecule has 6 nitrogen and oxygen atoms in total. The molecule has 0 bridgehead atoms. The van der Waals surface area contributed by atoms with Crippen molar-refractivity contribution >= 4 is 11.8 Å². The second kappa shape index (κ2) is 14.4. The summed E-state index contributed by atoms with van der Waals surface area (Å²) in [5.41, 5.74) is 4.14. The van der Waals surface area contributed by atoms with E-state index in [4.69, 9.17) is 0 Å². The molecule has 2 rings (SSSR count). The number of carbonyl (C=O) groups is 2. The highest BCUT2D eigenvalue weighted by Crippen LogP contribution is 2.23. The van der Waals surface area contributed by atoms with Crippen LogP contribution >= 0.6 is 0 Å². The predicted molar refractivity (Wildman–Crippen MR) is 145 cm³/mol. The highest BCUT2D eigenvalue weighted by Gasteiger charge is 2.33. The molecular formula is C30H46N2O4+2. The Labute approximate surface area is 217 Å². The van der Waals surface area contributed by atoms with Gasteiger partial charge >= 0.3 is 11.8 Å². The summed E-state index contributed by atoms with van der Waals surface area (Å²) in [5, 5.41) is 18.5. The Bertz CT molecular complexity index is 866. The van der Waals surface area contributed by atoms with Gasteiger partial charge in [-0.3, -0.25) is 8.97 Å². The third-order valence-electron chi connectivity index (χ3n) is 7.92. The lowest BCUT2D eigenvalue weighted by Crippen LogP contribution is -2.54. The maximum atomic E-state index is 13.1. The number of benzene rings is 2. The Morgan fingerprint density at radius 2 is 0.889 bits per heavy atom. The molecule has 2 amide bonds. The average Bonchev–Trinajstić information content (AvgIpc) is 2.91. The van der Waals surface area contributed by atoms with Gasteiger partial charge in [0.15, 0.2) is 0 Å². The van der Waals surface area contributed by atoms with Crippen LogP contribution in [0.3, 0.4) is 0 Å². The van der Waals surface area contributed by atoms with Gasteiger partial charge in [-0.25, -0.2) is 9.59 Å². The molecule has 198 valence electrons. The van der Waals surface area contributed by atoms with Gasteiger partial charge in [-0.05, 0) is 49.9 Å². The van der Waals surface area contributed by atoms with Crippen molar-refractivity contribution in [3.8, 4) is 11.1 Å². The van der Waals surface area contributed by atoms with Crippen molar-refractivity contribution in [1.82, 2.24) is 0 Å². The van der Waals surface area contributed by atoms with Gasteiger partial charge in [-0.2, -0.15) is 0 Å². The monoisotopic (exact) mass is 498 g/mol. The first kappa shape index (κ1) is 29.8. The molecule has 0 fully saturated rings. The number of nitrogens with zero attached hydrogens (tertiary/aromatic N) is 2. The minimum absolute atomic E-state index is 0.107. The number of aliphatic hydroxyl groups is 2. The summed E-state index contributed by atoms with van der Waals surface area (Å²) in [6.45, 7) is 12.7. The third kappa shape index (κ3) is 7.32. The number of carbonyl (C=O) groups excluding carboxylic acids is 2. The molecule has 0 spiro atoms. The number of rotatable bonds is 15. The Morgan fingerprint density at radius 1 is 0.583 bits per heavy atom. The Kier molecular flexibility index (Phi) is 11.9. The lowest BCUT2D eigenvalue weighted by Gasteiger charge is -2.34. The van der Waals surface area contributed by atoms with Crippen LogP contribution in [0, 0.1) is 0 Å². The number of hydrogen-bond donors (Lipinski definition) is 2. The Balaban J connectivity index is 2.08. The fourth-order valence-corrected chi connectivity index (χ4v) is 5.10. The van der Waals surface area contributed by atoms with Crippen molar-refractivity contribution in [3.05, 3.63) is 59.7 Å². The normalized spacial score (nSPS) is 12.1. The van der Waals surface area contributed by atoms with Crippen molar-refractivity contribution in [1.29, 1.82) is 0 Å². The molecular weight excluding hydrogens is 452 g/mol. The summed E-state index contributed by atoms with van der Waals surface area (Å²) in [7, 11) is 0. The molecule has 0 unspecified atom stereocenters. The van der Waals surface area contributed by atoms with Gasteiger partial charge in [0.1, 0.15) is 0 Å². The maximum Gasteiger partial charge on any atom is 0.318 e. The van der Waals surface area contributed by atoms with E-state index < -0.39 is 0 Å². The highest BCUT2D eigenvalue weighted by molar-refractivity contribution is 5.74. The summed E-state index contributed by atoms with van der Waals surface area (Å²) < 4.78 is 0.803. The van der Waals surface area contributed by atoms with Gasteiger partial charge in [-0.1, -0.05) is 48.5 Å². The zero-order chi connectivity index (χ0) is 26.6. The topological polar surface area (TPSA) is 74.6 Å². The molecule has 2 aromatic rings. The summed E-state index contributed by atoms with van der Waals surface area (Å²) in [5.74, 6) is 0.394. The Morgan fingerprint density at radius 3 is 1.14 bits per heavy atom. The smallest absolute Gasteiger partial charge is 0.318 e. The van der Waals surface area contributed by atoms with Crippen molar-refractivity contribution in [2.75, 3.05) is 52.5 Å². The van der Waals surface area contributed by atoms with Crippen LogP contribution in [-0.2, 0) is 22.4 Å². The number of quaternary nitrogens is 2. The fourth-order valence-electron chi connectivity index (χ4n) is 5.10. The number of hydrogen-bond acceptors (Lipinski definition) is 4. The average molecular weight is 499 g/mol. The van der Waals surface area contributed by atoms with E-state index in [-0.39, 0.29) is 25.0 Å². The van der Waals surface area contributed by atoms with Gasteiger partial charge in [-0.15, -0.1) is 0 Å². The summed E-state index contributed by atoms with van der Waals surface area (Å²) in [6.07, 6.45) is 2.04. The van der Waals surface area contributed by atoms with Crippen molar-refractivity contribution < 1.29 is 28.8 Å². The van der Waals surface area contributed by atoms with Crippen LogP contribution in [0.25, 0.3) is 11.1 Å². The largest absolute Gasteiger partial charge is 0.396 e. The number of likely N-dealkylation sites (N-methyl/N-ethyl adjacent to an activating group) is 2. The molecule has 0 aliphatic heterocycles. The first-order valence-electron chi connectivity index (χ1n) is 13.5. The second-order valence-electron chi connectivity index (χ2n) is 9.69. The van der Waals surface area contributed by atoms with Crippen molar-refractivity contribution in [3.63, 3.8) is 0 Å². The third-order valence-corrected chi connectivity index (χ3v) is 7.92. The van der Waals surface area contributed by atoms with E-state index in [1.807, 2.05) is 76.2 Å². The minimum Gasteiger partial charge on any atom is -0.396 e. The van der Waals surface area contributed by atoms with E-state index >= 15 is 0 Å². The van der Waals surface area contributed by atoms with E-state index in [1.54, 1.807) is 0 Å². The van der Waals surface area contributed by atoms with Crippen molar-refractivity contribution in [2.45, 2.75) is 53.4 Å². The molecule has 0 atom stereocenters. The van der Waals surface area contributed by atoms with Gasteiger partial charge in [0.25, 0.3) is 0 Å². The zero-order valence-corrected chi connectivity index (χ0v) is 22.7. The van der Waals surface area contributed by atoms with Crippen LogP contribution in [-0.4, -0.2) is 83.5 Å². The number of amides is 2. The molecule has 0 heterocycles. The second-order valence-corrected chi connectivity index (χ2v) is 9.69. The Hall–Kier alpha value is -2.38. The van der Waals surface area contributed by atoms with Gasteiger partial charge in [0, 0.05) is 26.1 Å². The fraction of sp³-hybridized carbons (Fsp3) is 0.533. The van der Waals surface area contributed by atoms with Gasteiger partial charge < -0.3 is 10.2 Å². The first-order chi connectivity index (χ1) is 17.3. The molecule has 0 saturated carbocycles. The number of aliphatic hydroxyl groups excluding tert-OH is 2. The molecule has 0 radical (unpaired) electrons. The van der Waals surface area contributed by atoms with Crippen LogP contribution in [0.15, 0.2) is 48.5 Å². The molecule has 0 aliphatic rings. The predicted octanol–water partition coefficient (Wildman–Crippen LogP) is 3.97. The molecule has 2 N–H and O–H groups in total. The summed E-state index contributed by atoms with van der Waals surface area (Å²) in [4.78, 5) is 26.2. The van der Waals surface area contributed by atoms with Crippen LogP contribution in [0.5, 0.6) is 0 Å².